The molecule has 1 aromatic heterocycles. The van der Waals surface area contributed by atoms with Crippen LogP contribution in [0.3, 0.4) is 0 Å². The monoisotopic (exact) mass is 473 g/mol. The molecule has 0 fully saturated rings. The highest BCUT2D eigenvalue weighted by Gasteiger charge is 2.34. The zero-order valence-electron chi connectivity index (χ0n) is 18.6. The van der Waals surface area contributed by atoms with E-state index in [2.05, 4.69) is 6.07 Å². The average Bonchev–Trinajstić information content (AvgIpc) is 3.49. The number of hydrogen-bond acceptors (Lipinski definition) is 7. The van der Waals surface area contributed by atoms with Crippen molar-refractivity contribution in [1.82, 2.24) is 4.98 Å². The van der Waals surface area contributed by atoms with Gasteiger partial charge >= 0.3 is 0 Å². The summed E-state index contributed by atoms with van der Waals surface area (Å²) in [4.78, 5) is 28.9. The van der Waals surface area contributed by atoms with Gasteiger partial charge in [-0.15, -0.1) is 0 Å². The van der Waals surface area contributed by atoms with Crippen LogP contribution in [-0.4, -0.2) is 22.5 Å². The van der Waals surface area contributed by atoms with E-state index in [9.17, 15) is 20.2 Å². The summed E-state index contributed by atoms with van der Waals surface area (Å²) in [6, 6.07) is 20.9. The van der Waals surface area contributed by atoms with Crippen LogP contribution in [0.1, 0.15) is 32.7 Å². The number of carbonyl (C=O) groups excluding carboxylic acids is 1. The van der Waals surface area contributed by atoms with Crippen molar-refractivity contribution in [3.8, 4) is 40.0 Å². The number of nitrogens with zero attached hydrogens (tertiary/aromatic N) is 3. The number of fused-ring (bicyclic) bond motifs is 4. The summed E-state index contributed by atoms with van der Waals surface area (Å²) in [5.41, 5.74) is 4.24. The maximum atomic E-state index is 13.5. The quantitative estimate of drug-likeness (QED) is 0.245. The van der Waals surface area contributed by atoms with E-state index >= 15 is 0 Å². The number of non-ortho nitro benzene ring substituents is 1. The number of benzene rings is 3. The first-order chi connectivity index (χ1) is 17.5. The molecule has 2 heterocycles. The molecule has 0 bridgehead atoms. The Bertz CT molecular complexity index is 1680. The molecule has 36 heavy (non-hydrogen) atoms. The molecular formula is C28H15N3O5. The largest absolute Gasteiger partial charge is 0.454 e. The Balaban J connectivity index is 1.59. The van der Waals surface area contributed by atoms with Gasteiger partial charge in [-0.25, -0.2) is 4.98 Å². The Morgan fingerprint density at radius 2 is 1.75 bits per heavy atom. The van der Waals surface area contributed by atoms with Crippen molar-refractivity contribution in [1.29, 1.82) is 5.26 Å². The minimum Gasteiger partial charge on any atom is -0.454 e. The molecule has 3 aromatic carbocycles. The molecule has 1 aliphatic carbocycles. The molecule has 8 heteroatoms. The van der Waals surface area contributed by atoms with Crippen molar-refractivity contribution in [2.45, 2.75) is 0 Å². The van der Waals surface area contributed by atoms with Crippen LogP contribution in [0.4, 0.5) is 5.69 Å². The SMILES string of the molecule is N#Cc1c(C=Cc2cccc([N+](=O)[O-])c2)nc2c(c1-c1ccc3c(c1)OCO3)C(=O)c1ccccc1-2. The van der Waals surface area contributed by atoms with Crippen LogP contribution in [0.2, 0.25) is 0 Å². The lowest BCUT2D eigenvalue weighted by Crippen LogP contribution is -2.04. The second-order valence-electron chi connectivity index (χ2n) is 8.21. The second kappa shape index (κ2) is 8.18. The van der Waals surface area contributed by atoms with Gasteiger partial charge in [0.25, 0.3) is 5.69 Å². The minimum atomic E-state index is -0.466. The lowest BCUT2D eigenvalue weighted by molar-refractivity contribution is -0.384. The Morgan fingerprint density at radius 3 is 2.56 bits per heavy atom. The van der Waals surface area contributed by atoms with Crippen molar-refractivity contribution in [2.24, 2.45) is 0 Å². The van der Waals surface area contributed by atoms with Gasteiger partial charge < -0.3 is 9.47 Å². The maximum Gasteiger partial charge on any atom is 0.270 e. The molecule has 1 aliphatic heterocycles. The van der Waals surface area contributed by atoms with Gasteiger partial charge in [-0.2, -0.15) is 5.26 Å². The van der Waals surface area contributed by atoms with Crippen molar-refractivity contribution in [3.63, 3.8) is 0 Å². The molecule has 0 N–H and O–H groups in total. The summed E-state index contributed by atoms with van der Waals surface area (Å²) >= 11 is 0. The predicted octanol–water partition coefficient (Wildman–Crippen LogP) is 5.64. The van der Waals surface area contributed by atoms with Crippen LogP contribution in [0.25, 0.3) is 34.5 Å². The number of nitriles is 1. The number of hydrogen-bond donors (Lipinski definition) is 0. The molecule has 0 saturated heterocycles. The van der Waals surface area contributed by atoms with E-state index in [1.54, 1.807) is 54.6 Å². The van der Waals surface area contributed by atoms with Crippen LogP contribution in [0, 0.1) is 21.4 Å². The number of pyridine rings is 1. The Morgan fingerprint density at radius 1 is 0.944 bits per heavy atom. The number of nitro benzene ring substituents is 1. The first-order valence-electron chi connectivity index (χ1n) is 11.0. The highest BCUT2D eigenvalue weighted by atomic mass is 16.7. The van der Waals surface area contributed by atoms with Gasteiger partial charge in [0.15, 0.2) is 17.3 Å². The summed E-state index contributed by atoms with van der Waals surface area (Å²) in [6.45, 7) is 0.0971. The zero-order chi connectivity index (χ0) is 24.8. The number of carbonyl (C=O) groups is 1. The smallest absolute Gasteiger partial charge is 0.270 e. The third-order valence-corrected chi connectivity index (χ3v) is 6.17. The van der Waals surface area contributed by atoms with Gasteiger partial charge in [0, 0.05) is 28.8 Å². The first kappa shape index (κ1) is 21.3. The lowest BCUT2D eigenvalue weighted by atomic mass is 9.91. The van der Waals surface area contributed by atoms with Crippen LogP contribution >= 0.6 is 0 Å². The summed E-state index contributed by atoms with van der Waals surface area (Å²) in [7, 11) is 0. The molecule has 0 radical (unpaired) electrons. The topological polar surface area (TPSA) is 115 Å². The predicted molar refractivity (Wildman–Crippen MR) is 131 cm³/mol. The summed E-state index contributed by atoms with van der Waals surface area (Å²) in [6.07, 6.45) is 3.30. The van der Waals surface area contributed by atoms with E-state index in [0.29, 0.717) is 56.3 Å². The van der Waals surface area contributed by atoms with E-state index in [0.717, 1.165) is 0 Å². The Hall–Kier alpha value is -5.29. The zero-order valence-corrected chi connectivity index (χ0v) is 18.6. The van der Waals surface area contributed by atoms with Gasteiger partial charge in [0.1, 0.15) is 6.07 Å². The average molecular weight is 473 g/mol. The third-order valence-electron chi connectivity index (χ3n) is 6.17. The molecule has 8 nitrogen and oxygen atoms in total. The fraction of sp³-hybridized carbons (Fsp3) is 0.0357. The van der Waals surface area contributed by atoms with Crippen LogP contribution in [0.5, 0.6) is 11.5 Å². The Kier molecular flexibility index (Phi) is 4.83. The second-order valence-corrected chi connectivity index (χ2v) is 8.21. The standard InChI is InChI=1S/C28H15N3O5/c29-14-21-22(10-8-16-4-3-5-18(12-16)31(33)34)30-27-19-6-1-2-7-20(19)28(32)26(27)25(21)17-9-11-23-24(13-17)36-15-35-23/h1-13H,15H2. The highest BCUT2D eigenvalue weighted by molar-refractivity contribution is 6.24. The number of aromatic nitrogens is 1. The van der Waals surface area contributed by atoms with Crippen molar-refractivity contribution < 1.29 is 19.2 Å². The molecule has 172 valence electrons. The lowest BCUT2D eigenvalue weighted by Gasteiger charge is -2.13. The first-order valence-corrected chi connectivity index (χ1v) is 11.0. The molecule has 6 rings (SSSR count). The van der Waals surface area contributed by atoms with Crippen molar-refractivity contribution >= 4 is 23.6 Å². The van der Waals surface area contributed by atoms with E-state index in [-0.39, 0.29) is 23.8 Å². The van der Waals surface area contributed by atoms with Crippen molar-refractivity contribution in [2.75, 3.05) is 6.79 Å². The van der Waals surface area contributed by atoms with E-state index in [4.69, 9.17) is 14.5 Å². The molecule has 0 saturated carbocycles. The Labute approximate surface area is 204 Å². The fourth-order valence-corrected chi connectivity index (χ4v) is 4.53. The number of ketones is 1. The van der Waals surface area contributed by atoms with Gasteiger partial charge in [0.05, 0.1) is 27.4 Å². The van der Waals surface area contributed by atoms with Gasteiger partial charge in [-0.05, 0) is 29.3 Å². The highest BCUT2D eigenvalue weighted by Crippen LogP contribution is 2.45. The van der Waals surface area contributed by atoms with Gasteiger partial charge in [-0.1, -0.05) is 48.5 Å². The van der Waals surface area contributed by atoms with Gasteiger partial charge in [-0.3, -0.25) is 14.9 Å². The molecule has 2 aliphatic rings. The molecule has 0 unspecified atom stereocenters. The van der Waals surface area contributed by atoms with Gasteiger partial charge in [0.2, 0.25) is 6.79 Å². The number of nitro groups is 1. The summed E-state index contributed by atoms with van der Waals surface area (Å²) in [5, 5.41) is 21.4. The molecule has 0 spiro atoms. The number of rotatable bonds is 4. The third kappa shape index (κ3) is 3.30. The summed E-state index contributed by atoms with van der Waals surface area (Å²) < 4.78 is 11.0. The van der Waals surface area contributed by atoms with E-state index in [1.807, 2.05) is 12.1 Å². The van der Waals surface area contributed by atoms with E-state index in [1.165, 1.54) is 12.1 Å². The molecule has 4 aromatic rings. The number of ether oxygens (including phenoxy) is 2. The molecule has 0 amide bonds. The fourth-order valence-electron chi connectivity index (χ4n) is 4.53. The normalized spacial score (nSPS) is 12.9. The van der Waals surface area contributed by atoms with Crippen LogP contribution in [-0.2, 0) is 0 Å². The van der Waals surface area contributed by atoms with Crippen molar-refractivity contribution in [3.05, 3.63) is 105 Å². The maximum absolute atomic E-state index is 13.5. The molecule has 0 atom stereocenters. The molecular weight excluding hydrogens is 458 g/mol. The minimum absolute atomic E-state index is 0.0415. The van der Waals surface area contributed by atoms with Crippen LogP contribution in [0.15, 0.2) is 66.7 Å². The van der Waals surface area contributed by atoms with E-state index < -0.39 is 4.92 Å². The summed E-state index contributed by atoms with van der Waals surface area (Å²) in [5.74, 6) is 0.911. The van der Waals surface area contributed by atoms with Crippen LogP contribution < -0.4 is 9.47 Å².